The smallest absolute Gasteiger partial charge is 0.339 e. The molecule has 3 rings (SSSR count). The molecule has 136 valence electrons. The summed E-state index contributed by atoms with van der Waals surface area (Å²) in [6, 6.07) is 5.66. The fraction of sp³-hybridized carbons (Fsp3) is 0.579. The minimum absolute atomic E-state index is 0.173. The van der Waals surface area contributed by atoms with Crippen molar-refractivity contribution in [3.63, 3.8) is 0 Å². The first-order valence-corrected chi connectivity index (χ1v) is 9.51. The second-order valence-electron chi connectivity index (χ2n) is 7.86. The van der Waals surface area contributed by atoms with E-state index in [9.17, 15) is 9.59 Å². The van der Waals surface area contributed by atoms with E-state index < -0.39 is 5.41 Å². The molecule has 0 bridgehead atoms. The molecule has 0 aliphatic carbocycles. The molecule has 2 aliphatic heterocycles. The average Bonchev–Trinajstić information content (AvgIpc) is 2.84. The first kappa shape index (κ1) is 18.4. The SMILES string of the molecule is CC(C)(C)C(=O)ON1CCC(CC2OC(=O)c3ccc(Br)cc32)CC1. The highest BCUT2D eigenvalue weighted by atomic mass is 79.9. The summed E-state index contributed by atoms with van der Waals surface area (Å²) in [4.78, 5) is 29.4. The monoisotopic (exact) mass is 409 g/mol. The molecule has 5 nitrogen and oxygen atoms in total. The fourth-order valence-electron chi connectivity index (χ4n) is 3.21. The standard InChI is InChI=1S/C19H24BrNO4/c1-19(2,3)18(23)25-21-8-6-12(7-9-21)10-16-15-11-13(20)4-5-14(15)17(22)24-16/h4-5,11-12,16H,6-10H2,1-3H3. The minimum atomic E-state index is -0.494. The van der Waals surface area contributed by atoms with Crippen LogP contribution in [0.25, 0.3) is 0 Å². The number of ether oxygens (including phenoxy) is 1. The van der Waals surface area contributed by atoms with Crippen LogP contribution in [0.2, 0.25) is 0 Å². The maximum atomic E-state index is 12.0. The van der Waals surface area contributed by atoms with Crippen LogP contribution in [0, 0.1) is 11.3 Å². The number of carbonyl (C=O) groups is 2. The van der Waals surface area contributed by atoms with Crippen molar-refractivity contribution in [2.75, 3.05) is 13.1 Å². The Morgan fingerprint density at radius 2 is 2.00 bits per heavy atom. The van der Waals surface area contributed by atoms with Crippen LogP contribution in [0.15, 0.2) is 22.7 Å². The van der Waals surface area contributed by atoms with Crippen molar-refractivity contribution in [1.29, 1.82) is 0 Å². The average molecular weight is 410 g/mol. The molecule has 1 atom stereocenters. The van der Waals surface area contributed by atoms with E-state index in [1.165, 1.54) is 0 Å². The predicted octanol–water partition coefficient (Wildman–Crippen LogP) is 4.27. The summed E-state index contributed by atoms with van der Waals surface area (Å²) >= 11 is 3.46. The Balaban J connectivity index is 1.55. The first-order chi connectivity index (χ1) is 11.7. The van der Waals surface area contributed by atoms with Crippen LogP contribution in [0.3, 0.4) is 0 Å². The van der Waals surface area contributed by atoms with Gasteiger partial charge in [-0.05, 0) is 64.2 Å². The Hall–Kier alpha value is -1.40. The summed E-state index contributed by atoms with van der Waals surface area (Å²) in [7, 11) is 0. The van der Waals surface area contributed by atoms with E-state index in [0.717, 1.165) is 42.4 Å². The van der Waals surface area contributed by atoms with Gasteiger partial charge in [-0.2, -0.15) is 0 Å². The number of cyclic esters (lactones) is 1. The molecule has 0 amide bonds. The molecule has 1 aromatic carbocycles. The molecule has 25 heavy (non-hydrogen) atoms. The van der Waals surface area contributed by atoms with Gasteiger partial charge in [-0.25, -0.2) is 9.59 Å². The zero-order valence-electron chi connectivity index (χ0n) is 14.9. The fourth-order valence-corrected chi connectivity index (χ4v) is 3.59. The normalized spacial score (nSPS) is 21.8. The molecule has 6 heteroatoms. The maximum Gasteiger partial charge on any atom is 0.339 e. The van der Waals surface area contributed by atoms with Crippen LogP contribution in [-0.4, -0.2) is 30.1 Å². The number of carbonyl (C=O) groups excluding carboxylic acids is 2. The number of hydrogen-bond donors (Lipinski definition) is 0. The number of esters is 1. The summed E-state index contributed by atoms with van der Waals surface area (Å²) in [5.74, 6) is 0.0193. The first-order valence-electron chi connectivity index (χ1n) is 8.72. The Kier molecular flexibility index (Phi) is 5.21. The zero-order valence-corrected chi connectivity index (χ0v) is 16.5. The Morgan fingerprint density at radius 3 is 2.64 bits per heavy atom. The molecule has 1 saturated heterocycles. The minimum Gasteiger partial charge on any atom is -0.454 e. The third-order valence-corrected chi connectivity index (χ3v) is 5.27. The van der Waals surface area contributed by atoms with E-state index in [-0.39, 0.29) is 18.0 Å². The summed E-state index contributed by atoms with van der Waals surface area (Å²) in [6.07, 6.45) is 2.49. The van der Waals surface area contributed by atoms with Crippen LogP contribution in [0.5, 0.6) is 0 Å². The van der Waals surface area contributed by atoms with Gasteiger partial charge in [0.2, 0.25) is 0 Å². The van der Waals surface area contributed by atoms with E-state index in [1.807, 2.05) is 39.0 Å². The molecule has 2 heterocycles. The quantitative estimate of drug-likeness (QED) is 0.697. The van der Waals surface area contributed by atoms with E-state index in [0.29, 0.717) is 11.5 Å². The highest BCUT2D eigenvalue weighted by molar-refractivity contribution is 9.10. The van der Waals surface area contributed by atoms with Crippen LogP contribution < -0.4 is 0 Å². The number of fused-ring (bicyclic) bond motifs is 1. The van der Waals surface area contributed by atoms with Gasteiger partial charge in [0.25, 0.3) is 0 Å². The van der Waals surface area contributed by atoms with Gasteiger partial charge >= 0.3 is 11.9 Å². The molecule has 2 aliphatic rings. The van der Waals surface area contributed by atoms with Crippen LogP contribution in [0.1, 0.15) is 62.1 Å². The van der Waals surface area contributed by atoms with Gasteiger partial charge in [-0.15, -0.1) is 5.06 Å². The van der Waals surface area contributed by atoms with Gasteiger partial charge in [0.1, 0.15) is 6.10 Å². The number of benzene rings is 1. The summed E-state index contributed by atoms with van der Waals surface area (Å²) in [5.41, 5.74) is 1.15. The van der Waals surface area contributed by atoms with E-state index in [4.69, 9.17) is 9.57 Å². The van der Waals surface area contributed by atoms with E-state index in [2.05, 4.69) is 15.9 Å². The van der Waals surface area contributed by atoms with Gasteiger partial charge < -0.3 is 9.57 Å². The predicted molar refractivity (Wildman–Crippen MR) is 96.8 cm³/mol. The number of halogens is 1. The third-order valence-electron chi connectivity index (χ3n) is 4.77. The molecular weight excluding hydrogens is 386 g/mol. The molecule has 0 radical (unpaired) electrons. The van der Waals surface area contributed by atoms with E-state index in [1.54, 1.807) is 5.06 Å². The maximum absolute atomic E-state index is 12.0. The van der Waals surface area contributed by atoms with Crippen LogP contribution in [-0.2, 0) is 14.4 Å². The second-order valence-corrected chi connectivity index (χ2v) is 8.78. The second kappa shape index (κ2) is 7.08. The molecule has 0 saturated carbocycles. The molecule has 1 aromatic rings. The Bertz CT molecular complexity index is 674. The molecular formula is C19H24BrNO4. The Morgan fingerprint density at radius 1 is 1.32 bits per heavy atom. The molecule has 0 N–H and O–H groups in total. The van der Waals surface area contributed by atoms with Crippen molar-refractivity contribution in [1.82, 2.24) is 5.06 Å². The number of piperidine rings is 1. The lowest BCUT2D eigenvalue weighted by molar-refractivity contribution is -0.206. The third kappa shape index (κ3) is 4.23. The lowest BCUT2D eigenvalue weighted by Gasteiger charge is -2.32. The lowest BCUT2D eigenvalue weighted by atomic mass is 9.89. The highest BCUT2D eigenvalue weighted by Crippen LogP contribution is 2.38. The van der Waals surface area contributed by atoms with Crippen molar-refractivity contribution in [3.8, 4) is 0 Å². The number of hydroxylamine groups is 2. The Labute approximate surface area is 156 Å². The van der Waals surface area contributed by atoms with Crippen molar-refractivity contribution >= 4 is 27.9 Å². The number of nitrogens with zero attached hydrogens (tertiary/aromatic N) is 1. The van der Waals surface area contributed by atoms with Gasteiger partial charge in [0.15, 0.2) is 0 Å². The molecule has 0 aromatic heterocycles. The van der Waals surface area contributed by atoms with Gasteiger partial charge in [0, 0.05) is 23.1 Å². The lowest BCUT2D eigenvalue weighted by Crippen LogP contribution is -2.39. The number of rotatable bonds is 3. The van der Waals surface area contributed by atoms with Crippen LogP contribution >= 0.6 is 15.9 Å². The van der Waals surface area contributed by atoms with Gasteiger partial charge in [-0.1, -0.05) is 15.9 Å². The zero-order chi connectivity index (χ0) is 18.2. The molecule has 0 spiro atoms. The highest BCUT2D eigenvalue weighted by Gasteiger charge is 2.34. The van der Waals surface area contributed by atoms with Gasteiger partial charge in [-0.3, -0.25) is 0 Å². The topological polar surface area (TPSA) is 55.8 Å². The number of hydrogen-bond acceptors (Lipinski definition) is 5. The van der Waals surface area contributed by atoms with Crippen molar-refractivity contribution in [2.24, 2.45) is 11.3 Å². The van der Waals surface area contributed by atoms with Crippen molar-refractivity contribution in [3.05, 3.63) is 33.8 Å². The molecule has 1 unspecified atom stereocenters. The van der Waals surface area contributed by atoms with E-state index >= 15 is 0 Å². The van der Waals surface area contributed by atoms with Gasteiger partial charge in [0.05, 0.1) is 11.0 Å². The molecule has 1 fully saturated rings. The summed E-state index contributed by atoms with van der Waals surface area (Å²) in [6.45, 7) is 7.00. The van der Waals surface area contributed by atoms with Crippen LogP contribution in [0.4, 0.5) is 0 Å². The summed E-state index contributed by atoms with van der Waals surface area (Å²) < 4.78 is 6.52. The largest absolute Gasteiger partial charge is 0.454 e. The van der Waals surface area contributed by atoms with Crippen molar-refractivity contribution in [2.45, 2.75) is 46.1 Å². The van der Waals surface area contributed by atoms with Crippen molar-refractivity contribution < 1.29 is 19.2 Å². The summed E-state index contributed by atoms with van der Waals surface area (Å²) in [5, 5.41) is 1.76.